The molecule has 0 unspecified atom stereocenters. The first-order valence-corrected chi connectivity index (χ1v) is 5.06. The summed E-state index contributed by atoms with van der Waals surface area (Å²) in [5, 5.41) is 3.45. The molecule has 0 heterocycles. The molecule has 1 nitrogen and oxygen atoms in total. The topological polar surface area (TPSA) is 12.0 Å². The summed E-state index contributed by atoms with van der Waals surface area (Å²) in [4.78, 5) is 0. The van der Waals surface area contributed by atoms with Gasteiger partial charge in [-0.2, -0.15) is 0 Å². The molecule has 0 radical (unpaired) electrons. The fourth-order valence-electron chi connectivity index (χ4n) is 2.27. The third-order valence-corrected chi connectivity index (χ3v) is 3.41. The van der Waals surface area contributed by atoms with E-state index in [-0.39, 0.29) is 0 Å². The van der Waals surface area contributed by atoms with E-state index in [0.717, 1.165) is 5.92 Å². The highest BCUT2D eigenvalue weighted by molar-refractivity contribution is 5.32. The molecule has 1 N–H and O–H groups in total. The first-order chi connectivity index (χ1) is 6.32. The van der Waals surface area contributed by atoms with Crippen LogP contribution >= 0.6 is 0 Å². The molecule has 1 saturated carbocycles. The Morgan fingerprint density at radius 1 is 1.38 bits per heavy atom. The molecule has 1 aliphatic carbocycles. The Hall–Kier alpha value is -0.820. The Morgan fingerprint density at radius 3 is 2.54 bits per heavy atom. The van der Waals surface area contributed by atoms with E-state index in [1.54, 1.807) is 0 Å². The van der Waals surface area contributed by atoms with E-state index in [9.17, 15) is 0 Å². The summed E-state index contributed by atoms with van der Waals surface area (Å²) in [6.45, 7) is 2.26. The number of hydrogen-bond acceptors (Lipinski definition) is 1. The minimum Gasteiger partial charge on any atom is -0.314 e. The second-order valence-corrected chi connectivity index (χ2v) is 3.93. The van der Waals surface area contributed by atoms with Crippen molar-refractivity contribution < 1.29 is 0 Å². The lowest BCUT2D eigenvalue weighted by molar-refractivity contribution is 0.516. The standard InChI is InChI=1S/C12H17N/c1-3-12(13-2)9-11(12)10-7-5-4-6-8-10/h4-8,11,13H,3,9H2,1-2H3/t11-,12+/m0/s1. The molecular weight excluding hydrogens is 158 g/mol. The van der Waals surface area contributed by atoms with Crippen LogP contribution in [-0.4, -0.2) is 12.6 Å². The quantitative estimate of drug-likeness (QED) is 0.744. The highest BCUT2D eigenvalue weighted by Crippen LogP contribution is 2.53. The summed E-state index contributed by atoms with van der Waals surface area (Å²) in [7, 11) is 2.08. The maximum absolute atomic E-state index is 3.45. The summed E-state index contributed by atoms with van der Waals surface area (Å²) in [5.74, 6) is 0.740. The molecule has 0 aliphatic heterocycles. The van der Waals surface area contributed by atoms with Crippen molar-refractivity contribution >= 4 is 0 Å². The van der Waals surface area contributed by atoms with Crippen LogP contribution in [0.1, 0.15) is 31.2 Å². The largest absolute Gasteiger partial charge is 0.314 e. The van der Waals surface area contributed by atoms with E-state index < -0.39 is 0 Å². The van der Waals surface area contributed by atoms with Gasteiger partial charge in [0.25, 0.3) is 0 Å². The number of nitrogens with one attached hydrogen (secondary N) is 1. The molecule has 2 rings (SSSR count). The molecule has 2 atom stereocenters. The summed E-state index contributed by atoms with van der Waals surface area (Å²) in [6, 6.07) is 10.8. The van der Waals surface area contributed by atoms with Crippen LogP contribution in [-0.2, 0) is 0 Å². The monoisotopic (exact) mass is 175 g/mol. The molecule has 0 saturated heterocycles. The minimum absolute atomic E-state index is 0.404. The Kier molecular flexibility index (Phi) is 2.12. The summed E-state index contributed by atoms with van der Waals surface area (Å²) < 4.78 is 0. The average Bonchev–Trinajstić information content (AvgIpc) is 2.95. The van der Waals surface area contributed by atoms with Gasteiger partial charge < -0.3 is 5.32 Å². The predicted molar refractivity (Wildman–Crippen MR) is 55.9 cm³/mol. The van der Waals surface area contributed by atoms with Crippen LogP contribution in [0.3, 0.4) is 0 Å². The molecule has 70 valence electrons. The lowest BCUT2D eigenvalue weighted by Gasteiger charge is -2.13. The molecule has 0 bridgehead atoms. The molecule has 0 amide bonds. The van der Waals surface area contributed by atoms with Crippen molar-refractivity contribution in [3.05, 3.63) is 35.9 Å². The van der Waals surface area contributed by atoms with Gasteiger partial charge in [-0.3, -0.25) is 0 Å². The normalized spacial score (nSPS) is 31.7. The van der Waals surface area contributed by atoms with Gasteiger partial charge in [0.05, 0.1) is 0 Å². The van der Waals surface area contributed by atoms with Gasteiger partial charge in [0.15, 0.2) is 0 Å². The fraction of sp³-hybridized carbons (Fsp3) is 0.500. The second kappa shape index (κ2) is 3.15. The third kappa shape index (κ3) is 1.37. The van der Waals surface area contributed by atoms with Crippen LogP contribution in [0, 0.1) is 0 Å². The van der Waals surface area contributed by atoms with Crippen LogP contribution < -0.4 is 5.32 Å². The second-order valence-electron chi connectivity index (χ2n) is 3.93. The summed E-state index contributed by atoms with van der Waals surface area (Å²) in [6.07, 6.45) is 2.52. The zero-order valence-corrected chi connectivity index (χ0v) is 8.38. The predicted octanol–water partition coefficient (Wildman–Crippen LogP) is 2.54. The molecule has 1 aromatic rings. The first kappa shape index (κ1) is 8.76. The number of benzene rings is 1. The van der Waals surface area contributed by atoms with E-state index in [1.165, 1.54) is 18.4 Å². The SMILES string of the molecule is CC[C@@]1(NC)C[C@H]1c1ccccc1. The Morgan fingerprint density at radius 2 is 2.08 bits per heavy atom. The van der Waals surface area contributed by atoms with Crippen molar-refractivity contribution in [3.63, 3.8) is 0 Å². The van der Waals surface area contributed by atoms with Gasteiger partial charge in [0.2, 0.25) is 0 Å². The van der Waals surface area contributed by atoms with E-state index in [1.807, 2.05) is 0 Å². The first-order valence-electron chi connectivity index (χ1n) is 5.06. The van der Waals surface area contributed by atoms with Crippen molar-refractivity contribution in [2.75, 3.05) is 7.05 Å². The number of rotatable bonds is 3. The van der Waals surface area contributed by atoms with Gasteiger partial charge in [-0.1, -0.05) is 37.3 Å². The zero-order chi connectivity index (χ0) is 9.31. The van der Waals surface area contributed by atoms with Crippen molar-refractivity contribution in [1.29, 1.82) is 0 Å². The van der Waals surface area contributed by atoms with Crippen LogP contribution in [0.5, 0.6) is 0 Å². The van der Waals surface area contributed by atoms with Crippen LogP contribution in [0.4, 0.5) is 0 Å². The van der Waals surface area contributed by atoms with E-state index >= 15 is 0 Å². The third-order valence-electron chi connectivity index (χ3n) is 3.41. The molecule has 1 aromatic carbocycles. The molecule has 1 aliphatic rings. The van der Waals surface area contributed by atoms with Crippen molar-refractivity contribution in [2.45, 2.75) is 31.2 Å². The van der Waals surface area contributed by atoms with Crippen LogP contribution in [0.15, 0.2) is 30.3 Å². The van der Waals surface area contributed by atoms with Gasteiger partial charge in [0, 0.05) is 11.5 Å². The molecule has 0 spiro atoms. The van der Waals surface area contributed by atoms with Gasteiger partial charge in [-0.25, -0.2) is 0 Å². The van der Waals surface area contributed by atoms with Crippen molar-refractivity contribution in [3.8, 4) is 0 Å². The molecule has 1 heteroatoms. The molecule has 0 aromatic heterocycles. The highest BCUT2D eigenvalue weighted by atomic mass is 15.0. The number of hydrogen-bond donors (Lipinski definition) is 1. The van der Waals surface area contributed by atoms with Gasteiger partial charge in [-0.05, 0) is 25.5 Å². The molecular formula is C12H17N. The van der Waals surface area contributed by atoms with Crippen molar-refractivity contribution in [2.24, 2.45) is 0 Å². The maximum atomic E-state index is 3.45. The van der Waals surface area contributed by atoms with Crippen LogP contribution in [0.25, 0.3) is 0 Å². The van der Waals surface area contributed by atoms with E-state index in [2.05, 4.69) is 49.6 Å². The summed E-state index contributed by atoms with van der Waals surface area (Å²) >= 11 is 0. The van der Waals surface area contributed by atoms with E-state index in [4.69, 9.17) is 0 Å². The van der Waals surface area contributed by atoms with Crippen LogP contribution in [0.2, 0.25) is 0 Å². The number of likely N-dealkylation sites (N-methyl/N-ethyl adjacent to an activating group) is 1. The van der Waals surface area contributed by atoms with Crippen molar-refractivity contribution in [1.82, 2.24) is 5.32 Å². The van der Waals surface area contributed by atoms with E-state index in [0.29, 0.717) is 5.54 Å². The highest BCUT2D eigenvalue weighted by Gasteiger charge is 2.51. The van der Waals surface area contributed by atoms with Gasteiger partial charge >= 0.3 is 0 Å². The lowest BCUT2D eigenvalue weighted by Crippen LogP contribution is -2.28. The minimum atomic E-state index is 0.404. The molecule has 13 heavy (non-hydrogen) atoms. The van der Waals surface area contributed by atoms with Gasteiger partial charge in [0.1, 0.15) is 0 Å². The smallest absolute Gasteiger partial charge is 0.0251 e. The zero-order valence-electron chi connectivity index (χ0n) is 8.38. The summed E-state index contributed by atoms with van der Waals surface area (Å²) in [5.41, 5.74) is 1.89. The lowest BCUT2D eigenvalue weighted by atomic mass is 10.0. The average molecular weight is 175 g/mol. The Labute approximate surface area is 80.2 Å². The maximum Gasteiger partial charge on any atom is 0.0251 e. The molecule has 1 fully saturated rings. The Bertz CT molecular complexity index is 274. The fourth-order valence-corrected chi connectivity index (χ4v) is 2.27. The van der Waals surface area contributed by atoms with Gasteiger partial charge in [-0.15, -0.1) is 0 Å². The Balaban J connectivity index is 2.15.